The Balaban J connectivity index is 1.73. The van der Waals surface area contributed by atoms with Crippen LogP contribution in [-0.4, -0.2) is 45.3 Å². The van der Waals surface area contributed by atoms with Crippen molar-refractivity contribution in [2.24, 2.45) is 11.7 Å². The molecule has 0 bridgehead atoms. The molecule has 1 heterocycles. The van der Waals surface area contributed by atoms with Crippen LogP contribution in [0.15, 0.2) is 83.8 Å². The molecule has 4 rings (SSSR count). The van der Waals surface area contributed by atoms with Crippen molar-refractivity contribution >= 4 is 27.5 Å². The van der Waals surface area contributed by atoms with E-state index >= 15 is 0 Å². The number of methoxy groups -OCH3 is 1. The first-order valence-electron chi connectivity index (χ1n) is 11.7. The molecule has 1 fully saturated rings. The van der Waals surface area contributed by atoms with Gasteiger partial charge < -0.3 is 15.4 Å². The van der Waals surface area contributed by atoms with Gasteiger partial charge in [0.2, 0.25) is 5.91 Å². The zero-order valence-electron chi connectivity index (χ0n) is 20.0. The summed E-state index contributed by atoms with van der Waals surface area (Å²) >= 11 is 0. The molecule has 36 heavy (non-hydrogen) atoms. The van der Waals surface area contributed by atoms with E-state index < -0.39 is 10.0 Å². The van der Waals surface area contributed by atoms with E-state index in [-0.39, 0.29) is 34.7 Å². The number of hydrogen-bond donors (Lipinski definition) is 1. The first-order chi connectivity index (χ1) is 17.3. The Morgan fingerprint density at radius 2 is 1.56 bits per heavy atom. The molecule has 0 unspecified atom stereocenters. The van der Waals surface area contributed by atoms with Gasteiger partial charge >= 0.3 is 0 Å². The highest BCUT2D eigenvalue weighted by molar-refractivity contribution is 7.92. The van der Waals surface area contributed by atoms with Crippen LogP contribution < -0.4 is 14.8 Å². The largest absolute Gasteiger partial charge is 0.497 e. The van der Waals surface area contributed by atoms with Crippen LogP contribution in [0.3, 0.4) is 0 Å². The van der Waals surface area contributed by atoms with Crippen molar-refractivity contribution in [3.05, 3.63) is 90.0 Å². The Hall–Kier alpha value is -3.85. The fourth-order valence-corrected chi connectivity index (χ4v) is 5.80. The molecule has 0 saturated carbocycles. The van der Waals surface area contributed by atoms with Crippen LogP contribution >= 0.6 is 0 Å². The van der Waals surface area contributed by atoms with Crippen molar-refractivity contribution in [2.75, 3.05) is 24.5 Å². The molecule has 1 saturated heterocycles. The highest BCUT2D eigenvalue weighted by atomic mass is 32.2. The summed E-state index contributed by atoms with van der Waals surface area (Å²) in [6, 6.07) is 22.1. The number of sulfonamides is 1. The predicted molar refractivity (Wildman–Crippen MR) is 137 cm³/mol. The molecule has 3 aromatic rings. The van der Waals surface area contributed by atoms with E-state index in [2.05, 4.69) is 0 Å². The maximum atomic E-state index is 13.9. The van der Waals surface area contributed by atoms with Gasteiger partial charge in [-0.1, -0.05) is 42.5 Å². The standard InChI is InChI=1S/C27H29N3O5S/c1-35-22-11-13-23(14-12-22)36(33,34)30(19-20-7-3-2-4-8-20)25-10-6-5-9-24(25)27(32)29-17-15-21(16-18-29)26(28)31/h2-14,21H,15-19H2,1H3,(H2,28,31). The minimum Gasteiger partial charge on any atom is -0.497 e. The number of amides is 2. The van der Waals surface area contributed by atoms with Crippen LogP contribution in [-0.2, 0) is 21.4 Å². The summed E-state index contributed by atoms with van der Waals surface area (Å²) in [5, 5.41) is 0. The number of carbonyl (C=O) groups is 2. The third-order valence-electron chi connectivity index (χ3n) is 6.40. The van der Waals surface area contributed by atoms with Crippen molar-refractivity contribution in [3.8, 4) is 5.75 Å². The number of para-hydroxylation sites is 1. The van der Waals surface area contributed by atoms with Gasteiger partial charge in [0, 0.05) is 19.0 Å². The van der Waals surface area contributed by atoms with Crippen molar-refractivity contribution in [3.63, 3.8) is 0 Å². The molecule has 9 heteroatoms. The van der Waals surface area contributed by atoms with Gasteiger partial charge in [0.1, 0.15) is 5.75 Å². The Morgan fingerprint density at radius 1 is 0.944 bits per heavy atom. The third kappa shape index (κ3) is 5.36. The van der Waals surface area contributed by atoms with Crippen LogP contribution in [0.1, 0.15) is 28.8 Å². The monoisotopic (exact) mass is 507 g/mol. The Labute approximate surface area is 211 Å². The van der Waals surface area contributed by atoms with Gasteiger partial charge in [0.05, 0.1) is 29.8 Å². The predicted octanol–water partition coefficient (Wildman–Crippen LogP) is 3.43. The van der Waals surface area contributed by atoms with Gasteiger partial charge in [-0.25, -0.2) is 8.42 Å². The average molecular weight is 508 g/mol. The molecular formula is C27H29N3O5S. The summed E-state index contributed by atoms with van der Waals surface area (Å²) in [7, 11) is -2.52. The highest BCUT2D eigenvalue weighted by Crippen LogP contribution is 2.31. The first kappa shape index (κ1) is 25.2. The van der Waals surface area contributed by atoms with Crippen molar-refractivity contribution < 1.29 is 22.7 Å². The maximum absolute atomic E-state index is 13.9. The summed E-state index contributed by atoms with van der Waals surface area (Å²) in [4.78, 5) is 26.9. The van der Waals surface area contributed by atoms with Gasteiger partial charge in [-0.15, -0.1) is 0 Å². The van der Waals surface area contributed by atoms with E-state index in [1.807, 2.05) is 30.3 Å². The topological polar surface area (TPSA) is 110 Å². The molecule has 0 aliphatic carbocycles. The normalized spacial score (nSPS) is 14.3. The van der Waals surface area contributed by atoms with Crippen LogP contribution in [0.4, 0.5) is 5.69 Å². The first-order valence-corrected chi connectivity index (χ1v) is 13.1. The number of benzene rings is 3. The molecular weight excluding hydrogens is 478 g/mol. The molecule has 3 aromatic carbocycles. The number of anilines is 1. The molecule has 0 radical (unpaired) electrons. The quantitative estimate of drug-likeness (QED) is 0.502. The number of carbonyl (C=O) groups excluding carboxylic acids is 2. The molecule has 2 amide bonds. The molecule has 2 N–H and O–H groups in total. The number of likely N-dealkylation sites (tertiary alicyclic amines) is 1. The molecule has 1 aliphatic rings. The molecule has 1 aliphatic heterocycles. The summed E-state index contributed by atoms with van der Waals surface area (Å²) < 4.78 is 34.3. The number of primary amides is 1. The molecule has 0 spiro atoms. The lowest BCUT2D eigenvalue weighted by molar-refractivity contribution is -0.123. The fourth-order valence-electron chi connectivity index (χ4n) is 4.33. The minimum atomic E-state index is -4.04. The van der Waals surface area contributed by atoms with E-state index in [0.717, 1.165) is 5.56 Å². The van der Waals surface area contributed by atoms with Gasteiger partial charge in [0.15, 0.2) is 0 Å². The third-order valence-corrected chi connectivity index (χ3v) is 8.18. The van der Waals surface area contributed by atoms with Crippen molar-refractivity contribution in [1.82, 2.24) is 4.90 Å². The number of rotatable bonds is 8. The minimum absolute atomic E-state index is 0.0449. The average Bonchev–Trinajstić information content (AvgIpc) is 2.92. The zero-order chi connectivity index (χ0) is 25.7. The Kier molecular flexibility index (Phi) is 7.59. The summed E-state index contributed by atoms with van der Waals surface area (Å²) in [6.07, 6.45) is 0.974. The van der Waals surface area contributed by atoms with Crippen molar-refractivity contribution in [2.45, 2.75) is 24.3 Å². The number of nitrogens with zero attached hydrogens (tertiary/aromatic N) is 2. The van der Waals surface area contributed by atoms with Crippen LogP contribution in [0, 0.1) is 5.92 Å². The van der Waals surface area contributed by atoms with Crippen molar-refractivity contribution in [1.29, 1.82) is 0 Å². The Morgan fingerprint density at radius 3 is 2.17 bits per heavy atom. The van der Waals surface area contributed by atoms with Gasteiger partial charge in [-0.05, 0) is 54.8 Å². The lowest BCUT2D eigenvalue weighted by atomic mass is 9.95. The SMILES string of the molecule is COc1ccc(S(=O)(=O)N(Cc2ccccc2)c2ccccc2C(=O)N2CCC(C(N)=O)CC2)cc1. The summed E-state index contributed by atoms with van der Waals surface area (Å²) in [5.41, 5.74) is 6.78. The van der Waals surface area contributed by atoms with Crippen LogP contribution in [0.25, 0.3) is 0 Å². The summed E-state index contributed by atoms with van der Waals surface area (Å²) in [6.45, 7) is 0.804. The molecule has 0 aromatic heterocycles. The number of ether oxygens (including phenoxy) is 1. The zero-order valence-corrected chi connectivity index (χ0v) is 20.9. The number of piperidine rings is 1. The molecule has 0 atom stereocenters. The fraction of sp³-hybridized carbons (Fsp3) is 0.259. The second-order valence-corrected chi connectivity index (χ2v) is 10.5. The highest BCUT2D eigenvalue weighted by Gasteiger charge is 2.32. The van der Waals surface area contributed by atoms with Gasteiger partial charge in [-0.3, -0.25) is 13.9 Å². The van der Waals surface area contributed by atoms with E-state index in [9.17, 15) is 18.0 Å². The Bertz CT molecular complexity index is 1320. The molecule has 8 nitrogen and oxygen atoms in total. The number of nitrogens with two attached hydrogens (primary N) is 1. The second-order valence-electron chi connectivity index (χ2n) is 8.66. The maximum Gasteiger partial charge on any atom is 0.264 e. The van der Waals surface area contributed by atoms with Crippen LogP contribution in [0.2, 0.25) is 0 Å². The van der Waals surface area contributed by atoms with Gasteiger partial charge in [0.25, 0.3) is 15.9 Å². The lowest BCUT2D eigenvalue weighted by Gasteiger charge is -2.32. The second kappa shape index (κ2) is 10.8. The molecule has 188 valence electrons. The lowest BCUT2D eigenvalue weighted by Crippen LogP contribution is -2.42. The van der Waals surface area contributed by atoms with E-state index in [4.69, 9.17) is 10.5 Å². The van der Waals surface area contributed by atoms with E-state index in [1.54, 1.807) is 41.3 Å². The van der Waals surface area contributed by atoms with Gasteiger partial charge in [-0.2, -0.15) is 0 Å². The van der Waals surface area contributed by atoms with Crippen LogP contribution in [0.5, 0.6) is 5.75 Å². The summed E-state index contributed by atoms with van der Waals surface area (Å²) in [5.74, 6) is -0.355. The smallest absolute Gasteiger partial charge is 0.264 e. The number of hydrogen-bond acceptors (Lipinski definition) is 5. The van der Waals surface area contributed by atoms with E-state index in [1.165, 1.54) is 23.5 Å². The van der Waals surface area contributed by atoms with E-state index in [0.29, 0.717) is 37.4 Å².